The van der Waals surface area contributed by atoms with Gasteiger partial charge in [-0.25, -0.2) is 19.5 Å². The molecule has 5 heterocycles. The number of hydrogen-bond acceptors (Lipinski definition) is 8. The summed E-state index contributed by atoms with van der Waals surface area (Å²) in [5.41, 5.74) is 2.68. The summed E-state index contributed by atoms with van der Waals surface area (Å²) in [6.07, 6.45) is 7.95. The number of hydrogen-bond donors (Lipinski definition) is 0. The fraction of sp³-hybridized carbons (Fsp3) is 0.238. The molecule has 4 aromatic heterocycles. The second kappa shape index (κ2) is 8.07. The van der Waals surface area contributed by atoms with Crippen molar-refractivity contribution >= 4 is 11.6 Å². The quantitative estimate of drug-likeness (QED) is 0.495. The van der Waals surface area contributed by atoms with Crippen LogP contribution < -0.4 is 4.74 Å². The van der Waals surface area contributed by atoms with E-state index in [4.69, 9.17) is 9.47 Å². The first-order chi connectivity index (χ1) is 15.2. The predicted molar refractivity (Wildman–Crippen MR) is 109 cm³/mol. The maximum absolute atomic E-state index is 12.8. The first-order valence-electron chi connectivity index (χ1n) is 9.75. The Balaban J connectivity index is 1.36. The van der Waals surface area contributed by atoms with Gasteiger partial charge in [0.1, 0.15) is 6.10 Å². The zero-order valence-corrected chi connectivity index (χ0v) is 16.8. The van der Waals surface area contributed by atoms with E-state index in [1.54, 1.807) is 21.8 Å². The van der Waals surface area contributed by atoms with Crippen molar-refractivity contribution in [2.75, 3.05) is 26.8 Å². The molecule has 1 aliphatic heterocycles. The molecule has 1 fully saturated rings. The summed E-state index contributed by atoms with van der Waals surface area (Å²) in [5.74, 6) is 0.872. The number of aromatic nitrogens is 6. The molecule has 0 aliphatic carbocycles. The van der Waals surface area contributed by atoms with Crippen LogP contribution in [-0.2, 0) is 4.74 Å². The lowest BCUT2D eigenvalue weighted by molar-refractivity contribution is -0.0270. The van der Waals surface area contributed by atoms with Gasteiger partial charge in [0.2, 0.25) is 5.82 Å². The highest BCUT2D eigenvalue weighted by atomic mass is 16.5. The molecule has 156 valence electrons. The van der Waals surface area contributed by atoms with Crippen LogP contribution in [0.25, 0.3) is 16.8 Å². The Hall–Kier alpha value is -3.92. The van der Waals surface area contributed by atoms with Crippen molar-refractivity contribution in [3.05, 3.63) is 66.9 Å². The normalized spacial score (nSPS) is 16.4. The molecule has 0 spiro atoms. The number of nitrogens with zero attached hydrogens (tertiary/aromatic N) is 7. The molecular weight excluding hydrogens is 398 g/mol. The maximum atomic E-state index is 12.8. The largest absolute Gasteiger partial charge is 0.494 e. The minimum Gasteiger partial charge on any atom is -0.494 e. The molecule has 0 aromatic carbocycles. The molecule has 5 rings (SSSR count). The third-order valence-corrected chi connectivity index (χ3v) is 5.04. The number of morpholine rings is 1. The van der Waals surface area contributed by atoms with E-state index in [9.17, 15) is 4.79 Å². The van der Waals surface area contributed by atoms with E-state index in [-0.39, 0.29) is 11.7 Å². The first-order valence-corrected chi connectivity index (χ1v) is 9.75. The van der Waals surface area contributed by atoms with Gasteiger partial charge < -0.3 is 14.4 Å². The third kappa shape index (κ3) is 3.80. The molecule has 1 aliphatic rings. The standard InChI is InChI=1S/C21H19N7O3/c1-30-16-10-23-20(24-11-16)21(29)27-7-8-31-17(13-27)19-25-18-5-4-15(12-28(18)26-19)14-3-2-6-22-9-14/h2-6,9-12,17H,7-8,13H2,1H3/t17-/m1/s1. The van der Waals surface area contributed by atoms with Crippen LogP contribution in [0.3, 0.4) is 0 Å². The number of rotatable bonds is 4. The van der Waals surface area contributed by atoms with Gasteiger partial charge in [0.05, 0.1) is 32.7 Å². The zero-order chi connectivity index (χ0) is 21.2. The summed E-state index contributed by atoms with van der Waals surface area (Å²) in [7, 11) is 1.52. The topological polar surface area (TPSA) is 108 Å². The van der Waals surface area contributed by atoms with Gasteiger partial charge in [-0.1, -0.05) is 6.07 Å². The van der Waals surface area contributed by atoms with Gasteiger partial charge in [-0.05, 0) is 18.2 Å². The number of fused-ring (bicyclic) bond motifs is 1. The van der Waals surface area contributed by atoms with Crippen LogP contribution in [0.5, 0.6) is 5.75 Å². The molecule has 0 radical (unpaired) electrons. The van der Waals surface area contributed by atoms with Crippen molar-refractivity contribution < 1.29 is 14.3 Å². The number of ether oxygens (including phenoxy) is 2. The van der Waals surface area contributed by atoms with Gasteiger partial charge in [0.25, 0.3) is 5.91 Å². The van der Waals surface area contributed by atoms with Crippen LogP contribution in [0.1, 0.15) is 22.5 Å². The molecule has 0 unspecified atom stereocenters. The Morgan fingerprint density at radius 2 is 2.03 bits per heavy atom. The van der Waals surface area contributed by atoms with Crippen molar-refractivity contribution in [1.29, 1.82) is 0 Å². The Morgan fingerprint density at radius 3 is 2.81 bits per heavy atom. The Bertz CT molecular complexity index is 1210. The SMILES string of the molecule is COc1cnc(C(=O)N2CCO[C@@H](c3nc4ccc(-c5cccnc5)cn4n3)C2)nc1. The second-order valence-corrected chi connectivity index (χ2v) is 6.99. The molecule has 0 saturated carbocycles. The molecule has 10 heteroatoms. The van der Waals surface area contributed by atoms with Crippen molar-refractivity contribution in [1.82, 2.24) is 34.4 Å². The van der Waals surface area contributed by atoms with Crippen LogP contribution >= 0.6 is 0 Å². The molecule has 0 bridgehead atoms. The van der Waals surface area contributed by atoms with E-state index in [0.717, 1.165) is 11.1 Å². The lowest BCUT2D eigenvalue weighted by atomic mass is 10.1. The van der Waals surface area contributed by atoms with E-state index in [1.165, 1.54) is 19.5 Å². The van der Waals surface area contributed by atoms with Gasteiger partial charge in [0.15, 0.2) is 17.2 Å². The average molecular weight is 417 g/mol. The summed E-state index contributed by atoms with van der Waals surface area (Å²) in [4.78, 5) is 31.4. The van der Waals surface area contributed by atoms with Gasteiger partial charge >= 0.3 is 0 Å². The molecule has 0 N–H and O–H groups in total. The van der Waals surface area contributed by atoms with Crippen molar-refractivity contribution in [2.45, 2.75) is 6.10 Å². The van der Waals surface area contributed by atoms with Gasteiger partial charge in [-0.3, -0.25) is 9.78 Å². The van der Waals surface area contributed by atoms with Crippen LogP contribution in [0.15, 0.2) is 55.2 Å². The van der Waals surface area contributed by atoms with E-state index in [2.05, 4.69) is 25.0 Å². The zero-order valence-electron chi connectivity index (χ0n) is 16.8. The fourth-order valence-corrected chi connectivity index (χ4v) is 3.40. The van der Waals surface area contributed by atoms with Crippen molar-refractivity contribution in [3.63, 3.8) is 0 Å². The summed E-state index contributed by atoms with van der Waals surface area (Å²) in [6.45, 7) is 1.15. The molecule has 10 nitrogen and oxygen atoms in total. The summed E-state index contributed by atoms with van der Waals surface area (Å²) in [5, 5.41) is 4.59. The lowest BCUT2D eigenvalue weighted by Crippen LogP contribution is -2.43. The van der Waals surface area contributed by atoms with E-state index < -0.39 is 6.10 Å². The monoisotopic (exact) mass is 417 g/mol. The maximum Gasteiger partial charge on any atom is 0.291 e. The number of carbonyl (C=O) groups excluding carboxylic acids is 1. The van der Waals surface area contributed by atoms with E-state index in [0.29, 0.717) is 36.9 Å². The van der Waals surface area contributed by atoms with Crippen molar-refractivity contribution in [2.24, 2.45) is 0 Å². The summed E-state index contributed by atoms with van der Waals surface area (Å²) in [6, 6.07) is 7.75. The van der Waals surface area contributed by atoms with Crippen LogP contribution in [-0.4, -0.2) is 67.2 Å². The minimum atomic E-state index is -0.433. The Kier molecular flexibility index (Phi) is 4.97. The highest BCUT2D eigenvalue weighted by molar-refractivity contribution is 5.90. The molecule has 1 amide bonds. The molecule has 31 heavy (non-hydrogen) atoms. The smallest absolute Gasteiger partial charge is 0.291 e. The molecule has 1 atom stereocenters. The Labute approximate surface area is 177 Å². The molecular formula is C21H19N7O3. The van der Waals surface area contributed by atoms with Gasteiger partial charge in [-0.15, -0.1) is 5.10 Å². The van der Waals surface area contributed by atoms with Crippen molar-refractivity contribution in [3.8, 4) is 16.9 Å². The number of carbonyl (C=O) groups is 1. The predicted octanol–water partition coefficient (Wildman–Crippen LogP) is 1.80. The van der Waals surface area contributed by atoms with Crippen LogP contribution in [0, 0.1) is 0 Å². The molecule has 1 saturated heterocycles. The van der Waals surface area contributed by atoms with Crippen LogP contribution in [0.4, 0.5) is 0 Å². The Morgan fingerprint density at radius 1 is 1.16 bits per heavy atom. The molecule has 4 aromatic rings. The highest BCUT2D eigenvalue weighted by Gasteiger charge is 2.30. The average Bonchev–Trinajstić information content (AvgIpc) is 3.28. The fourth-order valence-electron chi connectivity index (χ4n) is 3.40. The van der Waals surface area contributed by atoms with E-state index >= 15 is 0 Å². The number of pyridine rings is 2. The van der Waals surface area contributed by atoms with E-state index in [1.807, 2.05) is 30.5 Å². The second-order valence-electron chi connectivity index (χ2n) is 6.99. The first kappa shape index (κ1) is 19.1. The van der Waals surface area contributed by atoms with Gasteiger partial charge in [0, 0.05) is 36.3 Å². The lowest BCUT2D eigenvalue weighted by Gasteiger charge is -2.31. The highest BCUT2D eigenvalue weighted by Crippen LogP contribution is 2.23. The third-order valence-electron chi connectivity index (χ3n) is 5.04. The van der Waals surface area contributed by atoms with Crippen LogP contribution in [0.2, 0.25) is 0 Å². The summed E-state index contributed by atoms with van der Waals surface area (Å²) < 4.78 is 12.6. The van der Waals surface area contributed by atoms with Gasteiger partial charge in [-0.2, -0.15) is 0 Å². The number of amides is 1. The minimum absolute atomic E-state index is 0.116. The number of methoxy groups -OCH3 is 1. The summed E-state index contributed by atoms with van der Waals surface area (Å²) >= 11 is 0.